The molecule has 0 spiro atoms. The van der Waals surface area contributed by atoms with Crippen molar-refractivity contribution in [3.63, 3.8) is 0 Å². The van der Waals surface area contributed by atoms with E-state index in [-0.39, 0.29) is 25.7 Å². The maximum absolute atomic E-state index is 13.1. The molecule has 0 radical (unpaired) electrons. The van der Waals surface area contributed by atoms with Crippen LogP contribution in [0.25, 0.3) is 0 Å². The molecule has 564 valence electrons. The Morgan fingerprint density at radius 1 is 0.295 bits per heavy atom. The van der Waals surface area contributed by atoms with E-state index < -0.39 is 97.5 Å². The molecule has 3 N–H and O–H groups in total. The molecule has 0 aromatic heterocycles. The lowest BCUT2D eigenvalue weighted by molar-refractivity contribution is -0.161. The van der Waals surface area contributed by atoms with Gasteiger partial charge in [-0.25, -0.2) is 9.13 Å². The zero-order chi connectivity index (χ0) is 69.8. The van der Waals surface area contributed by atoms with Gasteiger partial charge in [-0.05, 0) is 31.6 Å². The van der Waals surface area contributed by atoms with Crippen LogP contribution in [0.15, 0.2) is 0 Å². The summed E-state index contributed by atoms with van der Waals surface area (Å²) in [6, 6.07) is 0. The quantitative estimate of drug-likeness (QED) is 0.0222. The van der Waals surface area contributed by atoms with Crippen molar-refractivity contribution in [2.45, 2.75) is 419 Å². The Morgan fingerprint density at radius 2 is 0.505 bits per heavy atom. The summed E-state index contributed by atoms with van der Waals surface area (Å²) in [6.07, 6.45) is 58.2. The van der Waals surface area contributed by atoms with Crippen molar-refractivity contribution < 1.29 is 80.2 Å². The number of hydrogen-bond acceptors (Lipinski definition) is 15. The molecule has 0 saturated heterocycles. The number of carbonyl (C=O) groups is 4. The van der Waals surface area contributed by atoms with Crippen molar-refractivity contribution in [2.75, 3.05) is 39.6 Å². The highest BCUT2D eigenvalue weighted by molar-refractivity contribution is 7.47. The first-order chi connectivity index (χ1) is 46.1. The highest BCUT2D eigenvalue weighted by Gasteiger charge is 2.30. The third kappa shape index (κ3) is 69.0. The number of carbonyl (C=O) groups excluding carboxylic acids is 4. The fraction of sp³-hybridized carbons (Fsp3) is 0.947. The third-order valence-corrected chi connectivity index (χ3v) is 20.0. The number of unbranched alkanes of at least 4 members (excludes halogenated alkanes) is 47. The van der Waals surface area contributed by atoms with E-state index in [0.29, 0.717) is 25.7 Å². The van der Waals surface area contributed by atoms with Gasteiger partial charge >= 0.3 is 39.5 Å². The lowest BCUT2D eigenvalue weighted by Gasteiger charge is -2.21. The lowest BCUT2D eigenvalue weighted by atomic mass is 10.00. The van der Waals surface area contributed by atoms with Gasteiger partial charge in [0.2, 0.25) is 0 Å². The van der Waals surface area contributed by atoms with Crippen LogP contribution < -0.4 is 0 Å². The minimum atomic E-state index is -4.96. The summed E-state index contributed by atoms with van der Waals surface area (Å²) in [5.74, 6) is -1.38. The first-order valence-corrected chi connectivity index (χ1v) is 42.7. The van der Waals surface area contributed by atoms with Crippen LogP contribution >= 0.6 is 15.6 Å². The second-order valence-corrected chi connectivity index (χ2v) is 30.5. The normalized spacial score (nSPS) is 14.2. The van der Waals surface area contributed by atoms with Gasteiger partial charge in [0, 0.05) is 25.7 Å². The Labute approximate surface area is 581 Å². The average molecular weight is 1400 g/mol. The Hall–Kier alpha value is -1.94. The predicted octanol–water partition coefficient (Wildman–Crippen LogP) is 22.5. The molecule has 3 unspecified atom stereocenters. The van der Waals surface area contributed by atoms with E-state index in [0.717, 1.165) is 102 Å². The summed E-state index contributed by atoms with van der Waals surface area (Å²) in [4.78, 5) is 72.8. The molecular formula is C76H148O17P2. The van der Waals surface area contributed by atoms with Crippen LogP contribution in [0.1, 0.15) is 401 Å². The van der Waals surface area contributed by atoms with Crippen molar-refractivity contribution in [3.05, 3.63) is 0 Å². The molecule has 17 nitrogen and oxygen atoms in total. The lowest BCUT2D eigenvalue weighted by Crippen LogP contribution is -2.30. The fourth-order valence-corrected chi connectivity index (χ4v) is 13.3. The standard InChI is InChI=1S/C76H148O17P2/c1-6-10-13-16-19-22-25-28-30-31-32-33-34-36-39-42-45-52-57-62-76(81)92-71(65-86-73(78)59-54-49-43-40-38-35-29-26-23-20-17-14-11-7-2)67-90-94(82,83)88-63-70(77)64-89-95(84,85)91-68-72(66-87-74(79)60-55-50-47-46-48-53-58-69(5)9-4)93-75(80)61-56-51-44-41-37-27-24-21-18-15-12-8-3/h69-72,77H,6-68H2,1-5H3,(H,82,83)(H,84,85)/t69?,70-,71-,72-/m1/s1. The van der Waals surface area contributed by atoms with Crippen LogP contribution in [0.2, 0.25) is 0 Å². The van der Waals surface area contributed by atoms with E-state index >= 15 is 0 Å². The maximum atomic E-state index is 13.1. The highest BCUT2D eigenvalue weighted by atomic mass is 31.2. The molecule has 0 aliphatic rings. The number of esters is 4. The zero-order valence-electron chi connectivity index (χ0n) is 61.8. The van der Waals surface area contributed by atoms with Gasteiger partial charge in [-0.15, -0.1) is 0 Å². The third-order valence-electron chi connectivity index (χ3n) is 18.1. The molecule has 0 saturated carbocycles. The van der Waals surface area contributed by atoms with Crippen LogP contribution in [-0.2, 0) is 65.4 Å². The Kier molecular flexibility index (Phi) is 67.7. The molecule has 0 aromatic carbocycles. The molecule has 6 atom stereocenters. The molecule has 0 rings (SSSR count). The van der Waals surface area contributed by atoms with Gasteiger partial charge in [-0.3, -0.25) is 37.3 Å². The molecule has 0 bridgehead atoms. The molecule has 95 heavy (non-hydrogen) atoms. The number of ether oxygens (including phenoxy) is 4. The predicted molar refractivity (Wildman–Crippen MR) is 386 cm³/mol. The van der Waals surface area contributed by atoms with Crippen molar-refractivity contribution in [1.82, 2.24) is 0 Å². The van der Waals surface area contributed by atoms with Crippen LogP contribution in [0, 0.1) is 5.92 Å². The van der Waals surface area contributed by atoms with Gasteiger partial charge in [0.15, 0.2) is 12.2 Å². The van der Waals surface area contributed by atoms with E-state index in [1.807, 2.05) is 0 Å². The summed E-state index contributed by atoms with van der Waals surface area (Å²) in [7, 11) is -9.91. The summed E-state index contributed by atoms with van der Waals surface area (Å²) in [5.41, 5.74) is 0. The van der Waals surface area contributed by atoms with Gasteiger partial charge < -0.3 is 33.8 Å². The van der Waals surface area contributed by atoms with Crippen molar-refractivity contribution in [3.8, 4) is 0 Å². The summed E-state index contributed by atoms with van der Waals surface area (Å²) in [6.45, 7) is 7.26. The molecule has 0 aromatic rings. The van der Waals surface area contributed by atoms with Gasteiger partial charge in [0.1, 0.15) is 19.3 Å². The number of aliphatic hydroxyl groups is 1. The topological polar surface area (TPSA) is 237 Å². The molecule has 0 aliphatic heterocycles. The van der Waals surface area contributed by atoms with E-state index in [1.54, 1.807) is 0 Å². The number of phosphoric acid groups is 2. The maximum Gasteiger partial charge on any atom is 0.472 e. The van der Waals surface area contributed by atoms with Gasteiger partial charge in [0.25, 0.3) is 0 Å². The van der Waals surface area contributed by atoms with E-state index in [1.165, 1.54) is 218 Å². The fourth-order valence-electron chi connectivity index (χ4n) is 11.7. The summed E-state index contributed by atoms with van der Waals surface area (Å²) < 4.78 is 68.5. The SMILES string of the molecule is CCCCCCCCCCCCCCCCCCCCCC(=O)O[C@H](COC(=O)CCCCCCCCCCCCCCCC)COP(=O)(O)OC[C@@H](O)COP(=O)(O)OC[C@@H](COC(=O)CCCCCCCCC(C)CC)OC(=O)CCCCCCCCCCCCCC. The minimum Gasteiger partial charge on any atom is -0.462 e. The first kappa shape index (κ1) is 93.1. The molecular weight excluding hydrogens is 1250 g/mol. The van der Waals surface area contributed by atoms with Crippen molar-refractivity contribution in [1.29, 1.82) is 0 Å². The van der Waals surface area contributed by atoms with Crippen LogP contribution in [-0.4, -0.2) is 96.7 Å². The van der Waals surface area contributed by atoms with Crippen molar-refractivity contribution >= 4 is 39.5 Å². The second-order valence-electron chi connectivity index (χ2n) is 27.6. The number of hydrogen-bond donors (Lipinski definition) is 3. The molecule has 0 aliphatic carbocycles. The molecule has 0 heterocycles. The smallest absolute Gasteiger partial charge is 0.462 e. The Morgan fingerprint density at radius 3 is 0.747 bits per heavy atom. The molecule has 19 heteroatoms. The van der Waals surface area contributed by atoms with Crippen LogP contribution in [0.3, 0.4) is 0 Å². The van der Waals surface area contributed by atoms with Gasteiger partial charge in [0.05, 0.1) is 26.4 Å². The van der Waals surface area contributed by atoms with Gasteiger partial charge in [-0.1, -0.05) is 349 Å². The Bertz CT molecular complexity index is 1820. The largest absolute Gasteiger partial charge is 0.472 e. The number of aliphatic hydroxyl groups excluding tert-OH is 1. The summed E-state index contributed by atoms with van der Waals surface area (Å²) >= 11 is 0. The van der Waals surface area contributed by atoms with E-state index in [4.69, 9.17) is 37.0 Å². The highest BCUT2D eigenvalue weighted by Crippen LogP contribution is 2.45. The second kappa shape index (κ2) is 69.2. The van der Waals surface area contributed by atoms with Crippen LogP contribution in [0.4, 0.5) is 0 Å². The Balaban J connectivity index is 5.23. The number of phosphoric ester groups is 2. The average Bonchev–Trinajstić information content (AvgIpc) is 1.63. The monoisotopic (exact) mass is 1400 g/mol. The molecule has 0 amide bonds. The first-order valence-electron chi connectivity index (χ1n) is 39.7. The minimum absolute atomic E-state index is 0.107. The van der Waals surface area contributed by atoms with E-state index in [9.17, 15) is 43.2 Å². The number of rotatable bonds is 76. The summed E-state index contributed by atoms with van der Waals surface area (Å²) in [5, 5.41) is 10.6. The van der Waals surface area contributed by atoms with Gasteiger partial charge in [-0.2, -0.15) is 0 Å². The van der Waals surface area contributed by atoms with Crippen LogP contribution in [0.5, 0.6) is 0 Å². The zero-order valence-corrected chi connectivity index (χ0v) is 63.6. The van der Waals surface area contributed by atoms with E-state index in [2.05, 4.69) is 34.6 Å². The van der Waals surface area contributed by atoms with Crippen molar-refractivity contribution in [2.24, 2.45) is 5.92 Å². The molecule has 0 fully saturated rings.